The van der Waals surface area contributed by atoms with Gasteiger partial charge in [-0.3, -0.25) is 5.43 Å². The number of nitrogens with two attached hydrogens (primary N) is 2. The van der Waals surface area contributed by atoms with Crippen LogP contribution in [0.1, 0.15) is 16.1 Å². The van der Waals surface area contributed by atoms with Crippen molar-refractivity contribution < 1.29 is 19.1 Å². The molecule has 22 heavy (non-hydrogen) atoms. The molecule has 0 aliphatic rings. The van der Waals surface area contributed by atoms with E-state index in [1.807, 2.05) is 5.43 Å². The molecule has 2 amide bonds. The third-order valence-electron chi connectivity index (χ3n) is 2.68. The number of rotatable bonds is 4. The molecule has 114 valence electrons. The van der Waals surface area contributed by atoms with Gasteiger partial charge in [-0.05, 0) is 24.3 Å². The molecule has 9 heteroatoms. The van der Waals surface area contributed by atoms with Crippen LogP contribution in [-0.4, -0.2) is 23.3 Å². The van der Waals surface area contributed by atoms with Crippen LogP contribution in [0.25, 0.3) is 11.3 Å². The number of aromatic carboxylic acids is 1. The average Bonchev–Trinajstić information content (AvgIpc) is 2.95. The van der Waals surface area contributed by atoms with E-state index in [0.29, 0.717) is 17.1 Å². The van der Waals surface area contributed by atoms with Crippen LogP contribution in [0.15, 0.2) is 39.9 Å². The van der Waals surface area contributed by atoms with E-state index < -0.39 is 12.0 Å². The first kappa shape index (κ1) is 15.1. The van der Waals surface area contributed by atoms with Crippen LogP contribution in [0.3, 0.4) is 0 Å². The topological polar surface area (TPSA) is 156 Å². The number of hydrazine groups is 1. The number of carboxylic acid groups (broad SMARTS) is 1. The van der Waals surface area contributed by atoms with E-state index in [1.165, 1.54) is 18.3 Å². The number of nitrogens with one attached hydrogen (secondary N) is 2. The van der Waals surface area contributed by atoms with Gasteiger partial charge in [0.2, 0.25) is 0 Å². The molecule has 1 aromatic heterocycles. The number of hydrogen-bond donors (Lipinski definition) is 5. The molecule has 0 unspecified atom stereocenters. The number of carboxylic acids is 1. The van der Waals surface area contributed by atoms with Gasteiger partial charge in [0.1, 0.15) is 11.5 Å². The van der Waals surface area contributed by atoms with Crippen LogP contribution in [-0.2, 0) is 0 Å². The van der Waals surface area contributed by atoms with Crippen LogP contribution in [0.5, 0.6) is 0 Å². The van der Waals surface area contributed by atoms with Gasteiger partial charge in [0.05, 0.1) is 11.8 Å². The molecular formula is C13H13N5O4. The first-order chi connectivity index (χ1) is 10.5. The molecule has 0 aliphatic carbocycles. The normalized spacial score (nSPS) is 10.6. The fourth-order valence-corrected chi connectivity index (χ4v) is 1.67. The van der Waals surface area contributed by atoms with Crippen molar-refractivity contribution >= 4 is 23.9 Å². The quantitative estimate of drug-likeness (QED) is 0.184. The minimum absolute atomic E-state index is 0.0223. The Morgan fingerprint density at radius 1 is 1.27 bits per heavy atom. The van der Waals surface area contributed by atoms with E-state index in [0.717, 1.165) is 0 Å². The molecule has 7 N–H and O–H groups in total. The minimum Gasteiger partial charge on any atom is -0.478 e. The number of nitrogen functional groups attached to an aromatic ring is 1. The Hall–Kier alpha value is -3.33. The van der Waals surface area contributed by atoms with E-state index in [1.54, 1.807) is 18.2 Å². The summed E-state index contributed by atoms with van der Waals surface area (Å²) >= 11 is 0. The van der Waals surface area contributed by atoms with Crippen molar-refractivity contribution in [2.45, 2.75) is 0 Å². The highest BCUT2D eigenvalue weighted by atomic mass is 16.4. The van der Waals surface area contributed by atoms with Crippen molar-refractivity contribution in [2.75, 3.05) is 5.73 Å². The number of hydrogen-bond acceptors (Lipinski definition) is 6. The van der Waals surface area contributed by atoms with Gasteiger partial charge < -0.3 is 15.3 Å². The molecule has 1 aromatic carbocycles. The van der Waals surface area contributed by atoms with E-state index >= 15 is 0 Å². The lowest BCUT2D eigenvalue weighted by Gasteiger charge is -2.03. The monoisotopic (exact) mass is 303 g/mol. The van der Waals surface area contributed by atoms with E-state index in [-0.39, 0.29) is 11.3 Å². The number of urea groups is 1. The molecule has 0 fully saturated rings. The van der Waals surface area contributed by atoms with Gasteiger partial charge in [-0.25, -0.2) is 20.9 Å². The lowest BCUT2D eigenvalue weighted by molar-refractivity contribution is 0.0698. The van der Waals surface area contributed by atoms with Crippen LogP contribution in [0.2, 0.25) is 0 Å². The third kappa shape index (κ3) is 3.41. The standard InChI is InChI=1S/C13H13N5O4/c14-10-5-7(1-3-9(10)12(19)20)11-4-2-8(22-11)6-16-18-13(21)17-15/h1-6H,14-15H2,(H,19,20)(H2,17,18,21). The lowest BCUT2D eigenvalue weighted by Crippen LogP contribution is -2.37. The van der Waals surface area contributed by atoms with Crippen LogP contribution in [0.4, 0.5) is 10.5 Å². The van der Waals surface area contributed by atoms with Gasteiger partial charge in [-0.15, -0.1) is 0 Å². The second-order valence-electron chi connectivity index (χ2n) is 4.15. The zero-order valence-electron chi connectivity index (χ0n) is 11.2. The number of anilines is 1. The van der Waals surface area contributed by atoms with Crippen LogP contribution >= 0.6 is 0 Å². The summed E-state index contributed by atoms with van der Waals surface area (Å²) in [4.78, 5) is 21.7. The molecule has 0 saturated heterocycles. The summed E-state index contributed by atoms with van der Waals surface area (Å²) in [7, 11) is 0. The SMILES string of the molecule is NNC(=O)NN=Cc1ccc(-c2ccc(C(=O)O)c(N)c2)o1. The molecule has 0 spiro atoms. The number of carbonyl (C=O) groups is 2. The maximum Gasteiger partial charge on any atom is 0.349 e. The molecule has 0 aliphatic heterocycles. The number of furan rings is 1. The van der Waals surface area contributed by atoms with Crippen molar-refractivity contribution in [3.05, 3.63) is 41.7 Å². The molecule has 0 bridgehead atoms. The van der Waals surface area contributed by atoms with Gasteiger partial charge in [-0.1, -0.05) is 6.07 Å². The summed E-state index contributed by atoms with van der Waals surface area (Å²) in [5, 5.41) is 12.5. The first-order valence-corrected chi connectivity index (χ1v) is 6.04. The number of carbonyl (C=O) groups excluding carboxylic acids is 1. The Labute approximate surface area is 124 Å². The van der Waals surface area contributed by atoms with E-state index in [2.05, 4.69) is 10.5 Å². The average molecular weight is 303 g/mol. The fraction of sp³-hybridized carbons (Fsp3) is 0. The molecule has 2 aromatic rings. The Bertz CT molecular complexity index is 738. The van der Waals surface area contributed by atoms with Gasteiger partial charge in [0.25, 0.3) is 0 Å². The summed E-state index contributed by atoms with van der Waals surface area (Å²) in [6.45, 7) is 0. The van der Waals surface area contributed by atoms with Crippen molar-refractivity contribution in [1.82, 2.24) is 10.9 Å². The first-order valence-electron chi connectivity index (χ1n) is 6.04. The predicted octanol–water partition coefficient (Wildman–Crippen LogP) is 0.734. The Morgan fingerprint density at radius 3 is 2.68 bits per heavy atom. The molecule has 1 heterocycles. The van der Waals surface area contributed by atoms with Crippen LogP contribution in [0, 0.1) is 0 Å². The summed E-state index contributed by atoms with van der Waals surface area (Å²) in [6.07, 6.45) is 1.29. The lowest BCUT2D eigenvalue weighted by atomic mass is 10.1. The zero-order chi connectivity index (χ0) is 16.1. The van der Waals surface area contributed by atoms with Crippen molar-refractivity contribution in [2.24, 2.45) is 10.9 Å². The van der Waals surface area contributed by atoms with Gasteiger partial charge in [-0.2, -0.15) is 5.10 Å². The predicted molar refractivity (Wildman–Crippen MR) is 79.0 cm³/mol. The second kappa shape index (κ2) is 6.41. The Morgan fingerprint density at radius 2 is 2.05 bits per heavy atom. The molecule has 9 nitrogen and oxygen atoms in total. The molecule has 0 saturated carbocycles. The van der Waals surface area contributed by atoms with Crippen molar-refractivity contribution in [3.63, 3.8) is 0 Å². The number of nitrogens with zero attached hydrogens (tertiary/aromatic N) is 1. The molecule has 0 radical (unpaired) electrons. The van der Waals surface area contributed by atoms with Crippen molar-refractivity contribution in [3.8, 4) is 11.3 Å². The summed E-state index contributed by atoms with van der Waals surface area (Å²) in [5.41, 5.74) is 10.4. The molecule has 2 rings (SSSR count). The van der Waals surface area contributed by atoms with Crippen molar-refractivity contribution in [1.29, 1.82) is 0 Å². The Balaban J connectivity index is 2.16. The Kier molecular flexibility index (Phi) is 4.39. The number of benzene rings is 1. The van der Waals surface area contributed by atoms with Gasteiger partial charge in [0, 0.05) is 11.3 Å². The van der Waals surface area contributed by atoms with Gasteiger partial charge >= 0.3 is 12.0 Å². The minimum atomic E-state index is -1.10. The smallest absolute Gasteiger partial charge is 0.349 e. The maximum absolute atomic E-state index is 10.9. The summed E-state index contributed by atoms with van der Waals surface area (Å²) in [5.74, 6) is 4.63. The summed E-state index contributed by atoms with van der Waals surface area (Å²) < 4.78 is 5.49. The molecular weight excluding hydrogens is 290 g/mol. The second-order valence-corrected chi connectivity index (χ2v) is 4.15. The molecule has 0 atom stereocenters. The summed E-state index contributed by atoms with van der Waals surface area (Å²) in [6, 6.07) is 7.11. The van der Waals surface area contributed by atoms with Crippen LogP contribution < -0.4 is 22.4 Å². The van der Waals surface area contributed by atoms with E-state index in [4.69, 9.17) is 21.1 Å². The van der Waals surface area contributed by atoms with Gasteiger partial charge in [0.15, 0.2) is 0 Å². The number of amides is 2. The third-order valence-corrected chi connectivity index (χ3v) is 2.68. The maximum atomic E-state index is 10.9. The highest BCUT2D eigenvalue weighted by Gasteiger charge is 2.10. The largest absolute Gasteiger partial charge is 0.478 e. The highest BCUT2D eigenvalue weighted by molar-refractivity contribution is 5.94. The fourth-order valence-electron chi connectivity index (χ4n) is 1.67. The number of hydrazone groups is 1. The zero-order valence-corrected chi connectivity index (χ0v) is 11.2. The van der Waals surface area contributed by atoms with E-state index in [9.17, 15) is 9.59 Å². The highest BCUT2D eigenvalue weighted by Crippen LogP contribution is 2.25.